The molecule has 0 unspecified atom stereocenters. The fourth-order valence-corrected chi connectivity index (χ4v) is 2.33. The SMILES string of the molecule is CN(C)[C@H](C(=O)NCCCn1cccn1)c1ccccc1F. The van der Waals surface area contributed by atoms with Gasteiger partial charge in [0, 0.05) is 31.0 Å². The van der Waals surface area contributed by atoms with Gasteiger partial charge >= 0.3 is 0 Å². The zero-order valence-electron chi connectivity index (χ0n) is 12.9. The van der Waals surface area contributed by atoms with E-state index in [0.29, 0.717) is 12.1 Å². The fourth-order valence-electron chi connectivity index (χ4n) is 2.33. The molecule has 2 rings (SSSR count). The van der Waals surface area contributed by atoms with Gasteiger partial charge in [-0.3, -0.25) is 14.4 Å². The van der Waals surface area contributed by atoms with Gasteiger partial charge in [0.2, 0.25) is 5.91 Å². The van der Waals surface area contributed by atoms with Gasteiger partial charge in [0.25, 0.3) is 0 Å². The maximum absolute atomic E-state index is 13.9. The molecular formula is C16H21FN4O. The van der Waals surface area contributed by atoms with Gasteiger partial charge in [0.15, 0.2) is 0 Å². The third-order valence-electron chi connectivity index (χ3n) is 3.39. The minimum absolute atomic E-state index is 0.199. The second-order valence-corrected chi connectivity index (χ2v) is 5.30. The van der Waals surface area contributed by atoms with Crippen molar-refractivity contribution >= 4 is 5.91 Å². The number of carbonyl (C=O) groups is 1. The summed E-state index contributed by atoms with van der Waals surface area (Å²) < 4.78 is 15.7. The second kappa shape index (κ2) is 7.70. The van der Waals surface area contributed by atoms with Crippen LogP contribution in [0.15, 0.2) is 42.7 Å². The Balaban J connectivity index is 1.91. The average molecular weight is 304 g/mol. The molecule has 1 aromatic carbocycles. The number of amides is 1. The Morgan fingerprint density at radius 1 is 1.36 bits per heavy atom. The summed E-state index contributed by atoms with van der Waals surface area (Å²) in [6, 6.07) is 7.60. The predicted octanol–water partition coefficient (Wildman–Crippen LogP) is 1.83. The van der Waals surface area contributed by atoms with Crippen molar-refractivity contribution in [2.24, 2.45) is 0 Å². The van der Waals surface area contributed by atoms with Crippen molar-refractivity contribution in [3.05, 3.63) is 54.1 Å². The summed E-state index contributed by atoms with van der Waals surface area (Å²) in [7, 11) is 3.53. The van der Waals surface area contributed by atoms with E-state index in [0.717, 1.165) is 13.0 Å². The van der Waals surface area contributed by atoms with Gasteiger partial charge in [-0.05, 0) is 32.6 Å². The molecule has 22 heavy (non-hydrogen) atoms. The van der Waals surface area contributed by atoms with Crippen molar-refractivity contribution in [1.82, 2.24) is 20.0 Å². The third kappa shape index (κ3) is 4.14. The first kappa shape index (κ1) is 16.2. The first-order valence-electron chi connectivity index (χ1n) is 7.25. The Kier molecular flexibility index (Phi) is 5.66. The van der Waals surface area contributed by atoms with Crippen LogP contribution in [0.2, 0.25) is 0 Å². The third-order valence-corrected chi connectivity index (χ3v) is 3.39. The minimum atomic E-state index is -0.633. The molecule has 1 amide bonds. The Morgan fingerprint density at radius 3 is 2.77 bits per heavy atom. The van der Waals surface area contributed by atoms with Gasteiger partial charge in [-0.15, -0.1) is 0 Å². The molecule has 0 fully saturated rings. The lowest BCUT2D eigenvalue weighted by Crippen LogP contribution is -2.38. The maximum atomic E-state index is 13.9. The van der Waals surface area contributed by atoms with Crippen LogP contribution in [0.5, 0.6) is 0 Å². The lowest BCUT2D eigenvalue weighted by molar-refractivity contribution is -0.125. The molecule has 0 bridgehead atoms. The van der Waals surface area contributed by atoms with E-state index in [1.54, 1.807) is 43.4 Å². The van der Waals surface area contributed by atoms with Crippen LogP contribution in [-0.4, -0.2) is 41.2 Å². The van der Waals surface area contributed by atoms with Gasteiger partial charge in [-0.1, -0.05) is 18.2 Å². The first-order chi connectivity index (χ1) is 10.6. The Morgan fingerprint density at radius 2 is 2.14 bits per heavy atom. The molecule has 0 aliphatic rings. The molecule has 0 radical (unpaired) electrons. The van der Waals surface area contributed by atoms with E-state index in [2.05, 4.69) is 10.4 Å². The van der Waals surface area contributed by atoms with E-state index in [9.17, 15) is 9.18 Å². The minimum Gasteiger partial charge on any atom is -0.354 e. The molecule has 1 aromatic heterocycles. The van der Waals surface area contributed by atoms with Crippen LogP contribution in [0.3, 0.4) is 0 Å². The number of carbonyl (C=O) groups excluding carboxylic acids is 1. The molecule has 2 aromatic rings. The van der Waals surface area contributed by atoms with Gasteiger partial charge in [-0.25, -0.2) is 4.39 Å². The lowest BCUT2D eigenvalue weighted by Gasteiger charge is -2.24. The average Bonchev–Trinajstić information content (AvgIpc) is 2.99. The number of nitrogens with zero attached hydrogens (tertiary/aromatic N) is 3. The second-order valence-electron chi connectivity index (χ2n) is 5.30. The number of likely N-dealkylation sites (N-methyl/N-ethyl adjacent to an activating group) is 1. The first-order valence-corrected chi connectivity index (χ1v) is 7.25. The Bertz CT molecular complexity index is 598. The monoisotopic (exact) mass is 304 g/mol. The van der Waals surface area contributed by atoms with Crippen LogP contribution in [0.25, 0.3) is 0 Å². The Hall–Kier alpha value is -2.21. The number of hydrogen-bond acceptors (Lipinski definition) is 3. The molecule has 1 N–H and O–H groups in total. The number of benzene rings is 1. The van der Waals surface area contributed by atoms with Gasteiger partial charge in [0.1, 0.15) is 11.9 Å². The molecular weight excluding hydrogens is 283 g/mol. The van der Waals surface area contributed by atoms with Crippen molar-refractivity contribution in [3.8, 4) is 0 Å². The summed E-state index contributed by atoms with van der Waals surface area (Å²) in [5.74, 6) is -0.566. The number of halogens is 1. The van der Waals surface area contributed by atoms with E-state index in [-0.39, 0.29) is 11.7 Å². The van der Waals surface area contributed by atoms with Crippen LogP contribution < -0.4 is 5.32 Å². The topological polar surface area (TPSA) is 50.2 Å². The largest absolute Gasteiger partial charge is 0.354 e. The van der Waals surface area contributed by atoms with Crippen molar-refractivity contribution < 1.29 is 9.18 Å². The number of hydrogen-bond donors (Lipinski definition) is 1. The summed E-state index contributed by atoms with van der Waals surface area (Å²) in [4.78, 5) is 14.1. The van der Waals surface area contributed by atoms with E-state index >= 15 is 0 Å². The summed E-state index contributed by atoms with van der Waals surface area (Å²) in [6.07, 6.45) is 4.37. The number of nitrogens with one attached hydrogen (secondary N) is 1. The van der Waals surface area contributed by atoms with Crippen molar-refractivity contribution in [2.45, 2.75) is 19.0 Å². The number of aryl methyl sites for hydroxylation is 1. The van der Waals surface area contributed by atoms with Crippen LogP contribution in [-0.2, 0) is 11.3 Å². The molecule has 0 aliphatic heterocycles. The molecule has 5 nitrogen and oxygen atoms in total. The van der Waals surface area contributed by atoms with Crippen molar-refractivity contribution in [2.75, 3.05) is 20.6 Å². The zero-order valence-corrected chi connectivity index (χ0v) is 12.9. The van der Waals surface area contributed by atoms with Gasteiger partial charge < -0.3 is 5.32 Å². The molecule has 6 heteroatoms. The summed E-state index contributed by atoms with van der Waals surface area (Å²) in [5.41, 5.74) is 0.386. The molecule has 0 saturated carbocycles. The highest BCUT2D eigenvalue weighted by Crippen LogP contribution is 2.21. The predicted molar refractivity (Wildman–Crippen MR) is 82.7 cm³/mol. The van der Waals surface area contributed by atoms with Crippen molar-refractivity contribution in [1.29, 1.82) is 0 Å². The highest BCUT2D eigenvalue weighted by Gasteiger charge is 2.25. The van der Waals surface area contributed by atoms with E-state index in [4.69, 9.17) is 0 Å². The van der Waals surface area contributed by atoms with E-state index in [1.165, 1.54) is 6.07 Å². The highest BCUT2D eigenvalue weighted by atomic mass is 19.1. The van der Waals surface area contributed by atoms with E-state index in [1.807, 2.05) is 16.9 Å². The summed E-state index contributed by atoms with van der Waals surface area (Å²) in [5, 5.41) is 6.97. The maximum Gasteiger partial charge on any atom is 0.242 e. The zero-order chi connectivity index (χ0) is 15.9. The fraction of sp³-hybridized carbons (Fsp3) is 0.375. The lowest BCUT2D eigenvalue weighted by atomic mass is 10.0. The van der Waals surface area contributed by atoms with E-state index < -0.39 is 6.04 Å². The van der Waals surface area contributed by atoms with Crippen molar-refractivity contribution in [3.63, 3.8) is 0 Å². The molecule has 1 atom stereocenters. The van der Waals surface area contributed by atoms with Gasteiger partial charge in [0.05, 0.1) is 0 Å². The Labute approximate surface area is 129 Å². The normalized spacial score (nSPS) is 12.4. The van der Waals surface area contributed by atoms with Crippen LogP contribution >= 0.6 is 0 Å². The molecule has 0 spiro atoms. The quantitative estimate of drug-likeness (QED) is 0.794. The summed E-state index contributed by atoms with van der Waals surface area (Å²) in [6.45, 7) is 1.26. The van der Waals surface area contributed by atoms with Crippen LogP contribution in [0.1, 0.15) is 18.0 Å². The molecule has 0 saturated heterocycles. The number of rotatable bonds is 7. The smallest absolute Gasteiger partial charge is 0.242 e. The van der Waals surface area contributed by atoms with Crippen LogP contribution in [0.4, 0.5) is 4.39 Å². The standard InChI is InChI=1S/C16H21FN4O/c1-20(2)15(13-7-3-4-8-14(13)17)16(22)18-9-5-11-21-12-6-10-19-21/h3-4,6-8,10,12,15H,5,9,11H2,1-2H3,(H,18,22)/t15-/m0/s1. The van der Waals surface area contributed by atoms with Gasteiger partial charge in [-0.2, -0.15) is 5.10 Å². The summed E-state index contributed by atoms with van der Waals surface area (Å²) >= 11 is 0. The molecule has 118 valence electrons. The highest BCUT2D eigenvalue weighted by molar-refractivity contribution is 5.83. The molecule has 0 aliphatic carbocycles. The van der Waals surface area contributed by atoms with Crippen LogP contribution in [0, 0.1) is 5.82 Å². The number of aromatic nitrogens is 2. The molecule has 1 heterocycles.